The van der Waals surface area contributed by atoms with Crippen molar-refractivity contribution >= 4 is 5.78 Å². The molecule has 5 saturated carbocycles. The van der Waals surface area contributed by atoms with Gasteiger partial charge in [0.2, 0.25) is 0 Å². The first-order valence-corrected chi connectivity index (χ1v) is 8.44. The Morgan fingerprint density at radius 3 is 2.16 bits per heavy atom. The predicted molar refractivity (Wildman–Crippen MR) is 76.8 cm³/mol. The van der Waals surface area contributed by atoms with Crippen LogP contribution in [0.4, 0.5) is 0 Å². The fourth-order valence-corrected chi connectivity index (χ4v) is 6.77. The number of hydrogen-bond donors (Lipinski definition) is 0. The first kappa shape index (κ1) is 12.4. The van der Waals surface area contributed by atoms with Crippen molar-refractivity contribution in [2.24, 2.45) is 28.1 Å². The molecule has 5 rings (SSSR count). The van der Waals surface area contributed by atoms with Crippen molar-refractivity contribution in [3.8, 4) is 0 Å². The van der Waals surface area contributed by atoms with Crippen LogP contribution in [0, 0.1) is 28.1 Å². The van der Waals surface area contributed by atoms with E-state index >= 15 is 0 Å². The zero-order valence-electron chi connectivity index (χ0n) is 12.6. The summed E-state index contributed by atoms with van der Waals surface area (Å²) in [6, 6.07) is 0. The maximum Gasteiger partial charge on any atom is 0.139 e. The van der Waals surface area contributed by atoms with Gasteiger partial charge in [-0.25, -0.2) is 0 Å². The molecule has 0 aromatic carbocycles. The molecule has 0 aromatic heterocycles. The summed E-state index contributed by atoms with van der Waals surface area (Å²) in [5.41, 5.74) is 1.09. The molecule has 0 saturated heterocycles. The molecule has 5 aliphatic rings. The SMILES string of the molecule is CC12CC3CC(C)(C1)CC(C(=O)CCC1CC1)(C3)C2. The highest BCUT2D eigenvalue weighted by Crippen LogP contribution is 2.70. The van der Waals surface area contributed by atoms with E-state index in [0.717, 1.165) is 18.3 Å². The van der Waals surface area contributed by atoms with E-state index in [0.29, 0.717) is 16.6 Å². The van der Waals surface area contributed by atoms with E-state index in [9.17, 15) is 4.79 Å². The van der Waals surface area contributed by atoms with Gasteiger partial charge in [-0.1, -0.05) is 26.7 Å². The topological polar surface area (TPSA) is 17.1 Å². The Labute approximate surface area is 117 Å². The Morgan fingerprint density at radius 2 is 1.63 bits per heavy atom. The number of ketones is 1. The number of Topliss-reactive ketones (excluding diaryl/α,β-unsaturated/α-hetero) is 1. The van der Waals surface area contributed by atoms with Crippen LogP contribution in [-0.2, 0) is 4.79 Å². The minimum Gasteiger partial charge on any atom is -0.299 e. The van der Waals surface area contributed by atoms with Crippen LogP contribution in [0.15, 0.2) is 0 Å². The molecule has 19 heavy (non-hydrogen) atoms. The first-order chi connectivity index (χ1) is 8.91. The zero-order valence-corrected chi connectivity index (χ0v) is 12.6. The third kappa shape index (κ3) is 1.99. The van der Waals surface area contributed by atoms with Crippen molar-refractivity contribution in [2.75, 3.05) is 0 Å². The fraction of sp³-hybridized carbons (Fsp3) is 0.944. The molecule has 0 N–H and O–H groups in total. The smallest absolute Gasteiger partial charge is 0.139 e. The summed E-state index contributed by atoms with van der Waals surface area (Å²) in [6.07, 6.45) is 12.7. The van der Waals surface area contributed by atoms with Crippen LogP contribution in [-0.4, -0.2) is 5.78 Å². The summed E-state index contributed by atoms with van der Waals surface area (Å²) >= 11 is 0. The largest absolute Gasteiger partial charge is 0.299 e. The summed E-state index contributed by atoms with van der Waals surface area (Å²) in [6.45, 7) is 4.94. The average molecular weight is 260 g/mol. The van der Waals surface area contributed by atoms with E-state index in [2.05, 4.69) is 13.8 Å². The van der Waals surface area contributed by atoms with Gasteiger partial charge in [0.1, 0.15) is 5.78 Å². The van der Waals surface area contributed by atoms with Crippen molar-refractivity contribution in [2.45, 2.75) is 78.1 Å². The van der Waals surface area contributed by atoms with Crippen LogP contribution in [0.25, 0.3) is 0 Å². The lowest BCUT2D eigenvalue weighted by atomic mass is 9.39. The van der Waals surface area contributed by atoms with Gasteiger partial charge in [-0.15, -0.1) is 0 Å². The van der Waals surface area contributed by atoms with E-state index in [1.54, 1.807) is 0 Å². The van der Waals surface area contributed by atoms with Crippen LogP contribution in [0.1, 0.15) is 78.1 Å². The maximum atomic E-state index is 12.9. The molecule has 0 spiro atoms. The van der Waals surface area contributed by atoms with Crippen molar-refractivity contribution in [1.82, 2.24) is 0 Å². The van der Waals surface area contributed by atoms with Gasteiger partial charge in [-0.2, -0.15) is 0 Å². The predicted octanol–water partition coefficient (Wildman–Crippen LogP) is 4.74. The molecular weight excluding hydrogens is 232 g/mol. The molecule has 1 nitrogen and oxygen atoms in total. The van der Waals surface area contributed by atoms with E-state index in [-0.39, 0.29) is 5.41 Å². The van der Waals surface area contributed by atoms with Gasteiger partial charge in [-0.05, 0) is 67.6 Å². The van der Waals surface area contributed by atoms with Gasteiger partial charge in [0, 0.05) is 11.8 Å². The molecule has 5 aliphatic carbocycles. The highest BCUT2D eigenvalue weighted by molar-refractivity contribution is 5.85. The Balaban J connectivity index is 1.57. The molecule has 4 bridgehead atoms. The molecule has 0 aromatic rings. The average Bonchev–Trinajstić information content (AvgIpc) is 3.04. The Hall–Kier alpha value is -0.330. The minimum absolute atomic E-state index is 0.109. The Bertz CT molecular complexity index is 401. The third-order valence-corrected chi connectivity index (χ3v) is 6.69. The quantitative estimate of drug-likeness (QED) is 0.713. The van der Waals surface area contributed by atoms with Crippen molar-refractivity contribution in [3.05, 3.63) is 0 Å². The van der Waals surface area contributed by atoms with E-state index in [1.807, 2.05) is 0 Å². The van der Waals surface area contributed by atoms with Gasteiger partial charge in [0.05, 0.1) is 0 Å². The zero-order chi connectivity index (χ0) is 13.3. The molecule has 106 valence electrons. The molecule has 0 heterocycles. The molecule has 1 heteroatoms. The Kier molecular flexibility index (Phi) is 2.39. The first-order valence-electron chi connectivity index (χ1n) is 8.44. The molecule has 0 amide bonds. The molecule has 2 unspecified atom stereocenters. The second-order valence-corrected chi connectivity index (χ2v) is 9.32. The number of carbonyl (C=O) groups excluding carboxylic acids is 1. The fourth-order valence-electron chi connectivity index (χ4n) is 6.77. The van der Waals surface area contributed by atoms with Crippen molar-refractivity contribution in [1.29, 1.82) is 0 Å². The minimum atomic E-state index is 0.109. The van der Waals surface area contributed by atoms with Crippen LogP contribution in [0.5, 0.6) is 0 Å². The molecular formula is C18H28O. The third-order valence-electron chi connectivity index (χ3n) is 6.69. The van der Waals surface area contributed by atoms with E-state index < -0.39 is 0 Å². The molecule has 0 aliphatic heterocycles. The lowest BCUT2D eigenvalue weighted by Gasteiger charge is -2.64. The summed E-state index contributed by atoms with van der Waals surface area (Å²) in [5, 5.41) is 0. The maximum absolute atomic E-state index is 12.9. The van der Waals surface area contributed by atoms with Crippen LogP contribution >= 0.6 is 0 Å². The van der Waals surface area contributed by atoms with E-state index in [1.165, 1.54) is 57.8 Å². The van der Waals surface area contributed by atoms with Crippen LogP contribution < -0.4 is 0 Å². The summed E-state index contributed by atoms with van der Waals surface area (Å²) in [7, 11) is 0. The number of hydrogen-bond acceptors (Lipinski definition) is 1. The lowest BCUT2D eigenvalue weighted by Crippen LogP contribution is -2.57. The second kappa shape index (κ2) is 3.65. The molecule has 0 radical (unpaired) electrons. The molecule has 5 fully saturated rings. The van der Waals surface area contributed by atoms with Crippen molar-refractivity contribution in [3.63, 3.8) is 0 Å². The monoisotopic (exact) mass is 260 g/mol. The summed E-state index contributed by atoms with van der Waals surface area (Å²) in [5.74, 6) is 2.42. The Morgan fingerprint density at radius 1 is 1.00 bits per heavy atom. The van der Waals surface area contributed by atoms with E-state index in [4.69, 9.17) is 0 Å². The van der Waals surface area contributed by atoms with Gasteiger partial charge >= 0.3 is 0 Å². The van der Waals surface area contributed by atoms with Gasteiger partial charge < -0.3 is 0 Å². The van der Waals surface area contributed by atoms with Crippen LogP contribution in [0.3, 0.4) is 0 Å². The van der Waals surface area contributed by atoms with Crippen molar-refractivity contribution < 1.29 is 4.79 Å². The highest BCUT2D eigenvalue weighted by atomic mass is 16.1. The normalized spacial score (nSPS) is 51.6. The second-order valence-electron chi connectivity index (χ2n) is 9.32. The van der Waals surface area contributed by atoms with Crippen LogP contribution in [0.2, 0.25) is 0 Å². The summed E-state index contributed by atoms with van der Waals surface area (Å²) in [4.78, 5) is 12.9. The number of carbonyl (C=O) groups is 1. The lowest BCUT2D eigenvalue weighted by molar-refractivity contribution is -0.168. The highest BCUT2D eigenvalue weighted by Gasteiger charge is 2.62. The van der Waals surface area contributed by atoms with Gasteiger partial charge in [0.15, 0.2) is 0 Å². The van der Waals surface area contributed by atoms with Gasteiger partial charge in [-0.3, -0.25) is 4.79 Å². The molecule has 2 atom stereocenters. The summed E-state index contributed by atoms with van der Waals surface area (Å²) < 4.78 is 0. The number of rotatable bonds is 4. The standard InChI is InChI=1S/C18H28O/c1-16-7-14-8-17(2,10-16)12-18(9-14,11-16)15(19)6-5-13-3-4-13/h13-14H,3-12H2,1-2H3. The van der Waals surface area contributed by atoms with Gasteiger partial charge in [0.25, 0.3) is 0 Å².